The molecule has 0 saturated carbocycles. The summed E-state index contributed by atoms with van der Waals surface area (Å²) in [6.07, 6.45) is 3.02. The summed E-state index contributed by atoms with van der Waals surface area (Å²) in [4.78, 5) is 27.1. The van der Waals surface area contributed by atoms with Gasteiger partial charge in [0.05, 0.1) is 0 Å². The van der Waals surface area contributed by atoms with Crippen molar-refractivity contribution in [1.29, 1.82) is 0 Å². The van der Waals surface area contributed by atoms with Crippen LogP contribution in [0.15, 0.2) is 36.9 Å². The maximum absolute atomic E-state index is 12.9. The monoisotopic (exact) mass is 319 g/mol. The van der Waals surface area contributed by atoms with Gasteiger partial charge in [-0.05, 0) is 49.1 Å². The highest BCUT2D eigenvalue weighted by Crippen LogP contribution is 2.19. The molecule has 3 amide bonds. The van der Waals surface area contributed by atoms with Crippen LogP contribution in [0.2, 0.25) is 0 Å². The molecule has 2 rings (SSSR count). The lowest BCUT2D eigenvalue weighted by Crippen LogP contribution is -2.43. The lowest BCUT2D eigenvalue weighted by molar-refractivity contribution is -0.125. The number of benzene rings is 1. The Balaban J connectivity index is 1.79. The lowest BCUT2D eigenvalue weighted by atomic mass is 9.96. The van der Waals surface area contributed by atoms with Crippen molar-refractivity contribution >= 4 is 17.6 Å². The highest BCUT2D eigenvalue weighted by molar-refractivity contribution is 5.89. The zero-order valence-corrected chi connectivity index (χ0v) is 13.3. The van der Waals surface area contributed by atoms with Crippen LogP contribution in [-0.2, 0) is 4.79 Å². The topological polar surface area (TPSA) is 52.7 Å². The third kappa shape index (κ3) is 4.81. The maximum atomic E-state index is 12.9. The molecule has 6 heteroatoms. The van der Waals surface area contributed by atoms with Gasteiger partial charge < -0.3 is 15.1 Å². The van der Waals surface area contributed by atoms with E-state index in [1.165, 1.54) is 30.3 Å². The van der Waals surface area contributed by atoms with Crippen molar-refractivity contribution in [1.82, 2.24) is 9.80 Å². The first-order chi connectivity index (χ1) is 11.0. The van der Waals surface area contributed by atoms with E-state index in [1.54, 1.807) is 16.8 Å². The average molecular weight is 319 g/mol. The smallest absolute Gasteiger partial charge is 0.321 e. The number of carbonyl (C=O) groups is 2. The molecule has 1 aromatic rings. The molecule has 0 aromatic heterocycles. The van der Waals surface area contributed by atoms with E-state index in [-0.39, 0.29) is 17.8 Å². The third-order valence-corrected chi connectivity index (χ3v) is 4.08. The normalized spacial score (nSPS) is 15.1. The van der Waals surface area contributed by atoms with Gasteiger partial charge in [-0.15, -0.1) is 0 Å². The number of amides is 3. The van der Waals surface area contributed by atoms with Crippen molar-refractivity contribution in [3.8, 4) is 0 Å². The number of rotatable bonds is 4. The first-order valence-corrected chi connectivity index (χ1v) is 7.68. The summed E-state index contributed by atoms with van der Waals surface area (Å²) in [6.45, 7) is 5.45. The number of halogens is 1. The molecule has 5 nitrogen and oxygen atoms in total. The van der Waals surface area contributed by atoms with Crippen molar-refractivity contribution in [3.05, 3.63) is 42.7 Å². The molecule has 23 heavy (non-hydrogen) atoms. The fraction of sp³-hybridized carbons (Fsp3) is 0.412. The molecule has 1 heterocycles. The zero-order chi connectivity index (χ0) is 16.8. The molecule has 1 aliphatic rings. The van der Waals surface area contributed by atoms with Crippen LogP contribution in [0.3, 0.4) is 0 Å². The Morgan fingerprint density at radius 1 is 1.35 bits per heavy atom. The van der Waals surface area contributed by atoms with E-state index in [2.05, 4.69) is 11.9 Å². The zero-order valence-electron chi connectivity index (χ0n) is 13.3. The van der Waals surface area contributed by atoms with Gasteiger partial charge in [0, 0.05) is 32.4 Å². The lowest BCUT2D eigenvalue weighted by Gasteiger charge is -2.33. The van der Waals surface area contributed by atoms with E-state index in [1.807, 2.05) is 0 Å². The Labute approximate surface area is 135 Å². The second kappa shape index (κ2) is 7.76. The van der Waals surface area contributed by atoms with Gasteiger partial charge in [0.1, 0.15) is 5.82 Å². The minimum Gasteiger partial charge on any atom is -0.342 e. The molecule has 124 valence electrons. The summed E-state index contributed by atoms with van der Waals surface area (Å²) in [5.74, 6) is -0.0257. The van der Waals surface area contributed by atoms with Gasteiger partial charge in [-0.1, -0.05) is 6.58 Å². The number of anilines is 1. The van der Waals surface area contributed by atoms with Gasteiger partial charge >= 0.3 is 6.03 Å². The second-order valence-corrected chi connectivity index (χ2v) is 5.79. The van der Waals surface area contributed by atoms with Crippen molar-refractivity contribution in [2.24, 2.45) is 5.92 Å². The molecule has 0 aliphatic carbocycles. The summed E-state index contributed by atoms with van der Waals surface area (Å²) < 4.78 is 12.9. The molecule has 1 aliphatic heterocycles. The van der Waals surface area contributed by atoms with Crippen molar-refractivity contribution < 1.29 is 14.0 Å². The van der Waals surface area contributed by atoms with Gasteiger partial charge in [0.2, 0.25) is 5.91 Å². The van der Waals surface area contributed by atoms with Crippen LogP contribution in [0, 0.1) is 11.7 Å². The molecule has 0 atom stereocenters. The third-order valence-electron chi connectivity index (χ3n) is 4.08. The van der Waals surface area contributed by atoms with Crippen LogP contribution in [0.1, 0.15) is 12.8 Å². The summed E-state index contributed by atoms with van der Waals surface area (Å²) in [6, 6.07) is 5.53. The molecular weight excluding hydrogens is 297 g/mol. The van der Waals surface area contributed by atoms with Crippen LogP contribution in [-0.4, -0.2) is 48.4 Å². The largest absolute Gasteiger partial charge is 0.342 e. The maximum Gasteiger partial charge on any atom is 0.321 e. The summed E-state index contributed by atoms with van der Waals surface area (Å²) in [5.41, 5.74) is 0.579. The van der Waals surface area contributed by atoms with Crippen LogP contribution in [0.5, 0.6) is 0 Å². The Kier molecular flexibility index (Phi) is 5.73. The number of likely N-dealkylation sites (N-methyl/N-ethyl adjacent to an activating group) is 1. The molecule has 1 aromatic carbocycles. The molecule has 0 bridgehead atoms. The Morgan fingerprint density at radius 2 is 1.96 bits per heavy atom. The molecule has 1 fully saturated rings. The first kappa shape index (κ1) is 17.0. The number of nitrogens with zero attached hydrogens (tertiary/aromatic N) is 2. The predicted molar refractivity (Wildman–Crippen MR) is 87.5 cm³/mol. The first-order valence-electron chi connectivity index (χ1n) is 7.68. The van der Waals surface area contributed by atoms with Gasteiger partial charge in [-0.2, -0.15) is 0 Å². The highest BCUT2D eigenvalue weighted by atomic mass is 19.1. The van der Waals surface area contributed by atoms with Crippen molar-refractivity contribution in [3.63, 3.8) is 0 Å². The van der Waals surface area contributed by atoms with Gasteiger partial charge in [-0.25, -0.2) is 9.18 Å². The van der Waals surface area contributed by atoms with Gasteiger partial charge in [-0.3, -0.25) is 4.79 Å². The van der Waals surface area contributed by atoms with Crippen molar-refractivity contribution in [2.45, 2.75) is 12.8 Å². The number of piperidine rings is 1. The standard InChI is InChI=1S/C17H22FN3O2/c1-3-16(22)20(2)12-13-8-10-21(11-9-13)17(23)19-15-6-4-14(18)5-7-15/h3-7,13H,1,8-12H2,2H3,(H,19,23). The molecule has 0 unspecified atom stereocenters. The fourth-order valence-corrected chi connectivity index (χ4v) is 2.69. The van der Waals surface area contributed by atoms with E-state index in [4.69, 9.17) is 0 Å². The number of urea groups is 1. The van der Waals surface area contributed by atoms with E-state index in [0.29, 0.717) is 31.2 Å². The minimum atomic E-state index is -0.331. The molecular formula is C17H22FN3O2. The quantitative estimate of drug-likeness (QED) is 0.868. The number of hydrogen-bond acceptors (Lipinski definition) is 2. The molecule has 0 spiro atoms. The average Bonchev–Trinajstić information content (AvgIpc) is 2.56. The number of likely N-dealkylation sites (tertiary alicyclic amines) is 1. The summed E-state index contributed by atoms with van der Waals surface area (Å²) in [7, 11) is 1.76. The van der Waals surface area contributed by atoms with E-state index in [0.717, 1.165) is 12.8 Å². The Bertz CT molecular complexity index is 566. The Morgan fingerprint density at radius 3 is 2.52 bits per heavy atom. The molecule has 1 N–H and O–H groups in total. The molecule has 0 radical (unpaired) electrons. The van der Waals surface area contributed by atoms with Crippen molar-refractivity contribution in [2.75, 3.05) is 32.0 Å². The van der Waals surface area contributed by atoms with E-state index < -0.39 is 0 Å². The van der Waals surface area contributed by atoms with Crippen LogP contribution in [0.4, 0.5) is 14.9 Å². The predicted octanol–water partition coefficient (Wildman–Crippen LogP) is 2.71. The number of carbonyl (C=O) groups excluding carboxylic acids is 2. The number of nitrogens with one attached hydrogen (secondary N) is 1. The Hall–Kier alpha value is -2.37. The van der Waals surface area contributed by atoms with Gasteiger partial charge in [0.25, 0.3) is 0 Å². The minimum absolute atomic E-state index is 0.0820. The van der Waals surface area contributed by atoms with E-state index >= 15 is 0 Å². The van der Waals surface area contributed by atoms with Gasteiger partial charge in [0.15, 0.2) is 0 Å². The molecule has 1 saturated heterocycles. The highest BCUT2D eigenvalue weighted by Gasteiger charge is 2.24. The SMILES string of the molecule is C=CC(=O)N(C)CC1CCN(C(=O)Nc2ccc(F)cc2)CC1. The van der Waals surface area contributed by atoms with E-state index in [9.17, 15) is 14.0 Å². The number of hydrogen-bond donors (Lipinski definition) is 1. The van der Waals surface area contributed by atoms with Crippen LogP contribution in [0.25, 0.3) is 0 Å². The second-order valence-electron chi connectivity index (χ2n) is 5.79. The summed E-state index contributed by atoms with van der Waals surface area (Å²) in [5, 5.41) is 2.76. The van der Waals surface area contributed by atoms with Crippen LogP contribution < -0.4 is 5.32 Å². The fourth-order valence-electron chi connectivity index (χ4n) is 2.69. The van der Waals surface area contributed by atoms with Crippen LogP contribution >= 0.6 is 0 Å². The summed E-state index contributed by atoms with van der Waals surface area (Å²) >= 11 is 0.